The Hall–Kier alpha value is -3.92. The summed E-state index contributed by atoms with van der Waals surface area (Å²) >= 11 is 0. The first-order chi connectivity index (χ1) is 13.2. The summed E-state index contributed by atoms with van der Waals surface area (Å²) < 4.78 is 5.11. The van der Waals surface area contributed by atoms with Crippen LogP contribution in [0.1, 0.15) is 21.6 Å². The molecular weight excluding hydrogens is 342 g/mol. The van der Waals surface area contributed by atoms with Crippen LogP contribution < -0.4 is 15.4 Å². The van der Waals surface area contributed by atoms with Crippen molar-refractivity contribution in [1.29, 1.82) is 5.26 Å². The first-order valence-corrected chi connectivity index (χ1v) is 8.18. The summed E-state index contributed by atoms with van der Waals surface area (Å²) in [5.74, 6) is 0.925. The lowest BCUT2D eigenvalue weighted by atomic mass is 10.2. The zero-order chi connectivity index (χ0) is 19.1. The van der Waals surface area contributed by atoms with Crippen LogP contribution in [0.4, 0.5) is 11.5 Å². The molecule has 0 saturated heterocycles. The van der Waals surface area contributed by atoms with Crippen molar-refractivity contribution < 1.29 is 9.53 Å². The zero-order valence-corrected chi connectivity index (χ0v) is 14.6. The molecule has 0 aliphatic carbocycles. The number of hydrogen-bond acceptors (Lipinski definition) is 6. The summed E-state index contributed by atoms with van der Waals surface area (Å²) in [6.45, 7) is 0.375. The third-order valence-corrected chi connectivity index (χ3v) is 3.78. The molecule has 3 aromatic rings. The van der Waals surface area contributed by atoms with Crippen LogP contribution in [0.3, 0.4) is 0 Å². The maximum Gasteiger partial charge on any atom is 0.270 e. The van der Waals surface area contributed by atoms with Crippen molar-refractivity contribution in [2.24, 2.45) is 0 Å². The average Bonchev–Trinajstić information content (AvgIpc) is 2.72. The number of anilines is 2. The Morgan fingerprint density at radius 2 is 1.96 bits per heavy atom. The van der Waals surface area contributed by atoms with Gasteiger partial charge in [-0.05, 0) is 35.9 Å². The van der Waals surface area contributed by atoms with Crippen molar-refractivity contribution in [3.8, 4) is 11.8 Å². The molecule has 0 aliphatic heterocycles. The van der Waals surface area contributed by atoms with Crippen molar-refractivity contribution in [2.75, 3.05) is 12.4 Å². The SMILES string of the molecule is COc1ccc(CNC(=O)c2cc(Nc3cccc(C#N)c3)ncn2)cc1. The number of nitriles is 1. The molecule has 0 unspecified atom stereocenters. The highest BCUT2D eigenvalue weighted by Gasteiger charge is 2.09. The number of methoxy groups -OCH3 is 1. The first-order valence-electron chi connectivity index (χ1n) is 8.18. The molecule has 134 valence electrons. The molecule has 0 fully saturated rings. The van der Waals surface area contributed by atoms with E-state index in [4.69, 9.17) is 10.00 Å². The van der Waals surface area contributed by atoms with E-state index >= 15 is 0 Å². The van der Waals surface area contributed by atoms with Gasteiger partial charge < -0.3 is 15.4 Å². The standard InChI is InChI=1S/C20H17N5O2/c1-27-17-7-5-14(6-8-17)12-22-20(26)18-10-19(24-13-23-18)25-16-4-2-3-15(9-16)11-21/h2-10,13H,12H2,1H3,(H,22,26)(H,23,24,25). The number of rotatable bonds is 6. The van der Waals surface area contributed by atoms with Crippen LogP contribution in [0.25, 0.3) is 0 Å². The van der Waals surface area contributed by atoms with Crippen LogP contribution in [-0.4, -0.2) is 23.0 Å². The predicted molar refractivity (Wildman–Crippen MR) is 101 cm³/mol. The molecular formula is C20H17N5O2. The smallest absolute Gasteiger partial charge is 0.270 e. The molecule has 7 heteroatoms. The van der Waals surface area contributed by atoms with Crippen molar-refractivity contribution >= 4 is 17.4 Å². The second-order valence-electron chi connectivity index (χ2n) is 5.64. The highest BCUT2D eigenvalue weighted by Crippen LogP contribution is 2.16. The highest BCUT2D eigenvalue weighted by molar-refractivity contribution is 5.92. The molecule has 0 radical (unpaired) electrons. The highest BCUT2D eigenvalue weighted by atomic mass is 16.5. The van der Waals surface area contributed by atoms with Gasteiger partial charge in [0.25, 0.3) is 5.91 Å². The fraction of sp³-hybridized carbons (Fsp3) is 0.100. The Morgan fingerprint density at radius 1 is 1.15 bits per heavy atom. The Labute approximate surface area is 156 Å². The lowest BCUT2D eigenvalue weighted by Crippen LogP contribution is -2.24. The Balaban J connectivity index is 1.65. The topological polar surface area (TPSA) is 99.9 Å². The van der Waals surface area contributed by atoms with E-state index in [1.165, 1.54) is 6.33 Å². The molecule has 0 saturated carbocycles. The Bertz CT molecular complexity index is 980. The number of aromatic nitrogens is 2. The maximum atomic E-state index is 12.3. The maximum absolute atomic E-state index is 12.3. The number of ether oxygens (including phenoxy) is 1. The quantitative estimate of drug-likeness (QED) is 0.702. The summed E-state index contributed by atoms with van der Waals surface area (Å²) in [6, 6.07) is 18.1. The molecule has 2 aromatic carbocycles. The second-order valence-corrected chi connectivity index (χ2v) is 5.64. The largest absolute Gasteiger partial charge is 0.497 e. The average molecular weight is 359 g/mol. The van der Waals surface area contributed by atoms with Crippen LogP contribution in [0.15, 0.2) is 60.9 Å². The van der Waals surface area contributed by atoms with E-state index in [0.29, 0.717) is 23.6 Å². The van der Waals surface area contributed by atoms with Gasteiger partial charge in [0, 0.05) is 18.3 Å². The molecule has 2 N–H and O–H groups in total. The van der Waals surface area contributed by atoms with Crippen molar-refractivity contribution in [3.05, 3.63) is 77.7 Å². The summed E-state index contributed by atoms with van der Waals surface area (Å²) in [6.07, 6.45) is 1.32. The molecule has 1 amide bonds. The first kappa shape index (κ1) is 17.9. The molecule has 3 rings (SSSR count). The Morgan fingerprint density at radius 3 is 2.70 bits per heavy atom. The fourth-order valence-electron chi connectivity index (χ4n) is 2.38. The molecule has 1 aromatic heterocycles. The van der Waals surface area contributed by atoms with E-state index in [1.807, 2.05) is 30.3 Å². The molecule has 27 heavy (non-hydrogen) atoms. The number of benzene rings is 2. The molecule has 0 bridgehead atoms. The van der Waals surface area contributed by atoms with Gasteiger partial charge in [0.2, 0.25) is 0 Å². The van der Waals surface area contributed by atoms with E-state index in [9.17, 15) is 4.79 Å². The third kappa shape index (κ3) is 4.80. The van der Waals surface area contributed by atoms with Crippen molar-refractivity contribution in [1.82, 2.24) is 15.3 Å². The van der Waals surface area contributed by atoms with Crippen LogP contribution in [-0.2, 0) is 6.54 Å². The summed E-state index contributed by atoms with van der Waals surface area (Å²) in [4.78, 5) is 20.5. The fourth-order valence-corrected chi connectivity index (χ4v) is 2.38. The second kappa shape index (κ2) is 8.45. The number of carbonyl (C=O) groups is 1. The van der Waals surface area contributed by atoms with Crippen LogP contribution in [0, 0.1) is 11.3 Å². The van der Waals surface area contributed by atoms with Gasteiger partial charge in [-0.1, -0.05) is 18.2 Å². The van der Waals surface area contributed by atoms with Gasteiger partial charge in [-0.3, -0.25) is 4.79 Å². The normalized spacial score (nSPS) is 9.93. The van der Waals surface area contributed by atoms with E-state index in [0.717, 1.165) is 11.3 Å². The van der Waals surface area contributed by atoms with Crippen molar-refractivity contribution in [3.63, 3.8) is 0 Å². The van der Waals surface area contributed by atoms with Gasteiger partial charge in [0.15, 0.2) is 0 Å². The van der Waals surface area contributed by atoms with Crippen LogP contribution >= 0.6 is 0 Å². The number of nitrogens with one attached hydrogen (secondary N) is 2. The molecule has 0 atom stereocenters. The minimum Gasteiger partial charge on any atom is -0.497 e. The molecule has 7 nitrogen and oxygen atoms in total. The third-order valence-electron chi connectivity index (χ3n) is 3.78. The van der Waals surface area contributed by atoms with Gasteiger partial charge in [-0.25, -0.2) is 9.97 Å². The van der Waals surface area contributed by atoms with E-state index in [-0.39, 0.29) is 11.6 Å². The van der Waals surface area contributed by atoms with Gasteiger partial charge in [0.1, 0.15) is 23.6 Å². The molecule has 1 heterocycles. The number of nitrogens with zero attached hydrogens (tertiary/aromatic N) is 3. The summed E-state index contributed by atoms with van der Waals surface area (Å²) in [5, 5.41) is 14.8. The van der Waals surface area contributed by atoms with Crippen LogP contribution in [0.5, 0.6) is 5.75 Å². The Kier molecular flexibility index (Phi) is 5.60. The number of hydrogen-bond donors (Lipinski definition) is 2. The number of carbonyl (C=O) groups excluding carboxylic acids is 1. The monoisotopic (exact) mass is 359 g/mol. The molecule has 0 aliphatic rings. The van der Waals surface area contributed by atoms with Gasteiger partial charge in [0.05, 0.1) is 18.7 Å². The minimum absolute atomic E-state index is 0.248. The predicted octanol–water partition coefficient (Wildman–Crippen LogP) is 3.03. The summed E-state index contributed by atoms with van der Waals surface area (Å²) in [7, 11) is 1.61. The number of amides is 1. The van der Waals surface area contributed by atoms with E-state index < -0.39 is 0 Å². The minimum atomic E-state index is -0.304. The van der Waals surface area contributed by atoms with Gasteiger partial charge in [-0.2, -0.15) is 5.26 Å². The van der Waals surface area contributed by atoms with Gasteiger partial charge in [-0.15, -0.1) is 0 Å². The lowest BCUT2D eigenvalue weighted by Gasteiger charge is -2.08. The van der Waals surface area contributed by atoms with Gasteiger partial charge >= 0.3 is 0 Å². The lowest BCUT2D eigenvalue weighted by molar-refractivity contribution is 0.0946. The summed E-state index contributed by atoms with van der Waals surface area (Å²) in [5.41, 5.74) is 2.44. The van der Waals surface area contributed by atoms with Crippen molar-refractivity contribution in [2.45, 2.75) is 6.54 Å². The molecule has 0 spiro atoms. The van der Waals surface area contributed by atoms with Crippen LogP contribution in [0.2, 0.25) is 0 Å². The zero-order valence-electron chi connectivity index (χ0n) is 14.6. The van der Waals surface area contributed by atoms with E-state index in [1.54, 1.807) is 31.4 Å². The van der Waals surface area contributed by atoms with E-state index in [2.05, 4.69) is 26.7 Å².